The minimum Gasteiger partial charge on any atom is -0.322 e. The number of hydrogen-bond acceptors (Lipinski definition) is 4. The molecule has 1 heterocycles. The third-order valence-electron chi connectivity index (χ3n) is 5.30. The predicted molar refractivity (Wildman–Crippen MR) is 127 cm³/mol. The highest BCUT2D eigenvalue weighted by atomic mass is 32.2. The summed E-state index contributed by atoms with van der Waals surface area (Å²) in [7, 11) is -3.70. The van der Waals surface area contributed by atoms with E-state index in [1.807, 2.05) is 42.5 Å². The van der Waals surface area contributed by atoms with Gasteiger partial charge in [0.05, 0.1) is 4.90 Å². The molecule has 1 aliphatic rings. The summed E-state index contributed by atoms with van der Waals surface area (Å²) in [6.07, 6.45) is 3.60. The number of amidine groups is 1. The highest BCUT2D eigenvalue weighted by Crippen LogP contribution is 2.20. The zero-order valence-corrected chi connectivity index (χ0v) is 18.4. The van der Waals surface area contributed by atoms with Crippen molar-refractivity contribution in [1.29, 1.82) is 0 Å². The minimum absolute atomic E-state index is 0.134. The van der Waals surface area contributed by atoms with Crippen LogP contribution in [0.15, 0.2) is 88.8 Å². The van der Waals surface area contributed by atoms with Crippen molar-refractivity contribution in [2.75, 3.05) is 11.9 Å². The van der Waals surface area contributed by atoms with Crippen molar-refractivity contribution in [2.24, 2.45) is 4.99 Å². The van der Waals surface area contributed by atoms with Gasteiger partial charge >= 0.3 is 0 Å². The molecule has 0 aromatic heterocycles. The number of amides is 1. The molecular formula is C25H25N3O3S. The van der Waals surface area contributed by atoms with Crippen molar-refractivity contribution < 1.29 is 13.2 Å². The third-order valence-corrected chi connectivity index (χ3v) is 6.70. The Kier molecular flexibility index (Phi) is 6.66. The second kappa shape index (κ2) is 9.78. The average Bonchev–Trinajstić information content (AvgIpc) is 3.08. The van der Waals surface area contributed by atoms with E-state index < -0.39 is 10.0 Å². The molecule has 0 saturated heterocycles. The van der Waals surface area contributed by atoms with Gasteiger partial charge in [-0.1, -0.05) is 48.9 Å². The first-order valence-corrected chi connectivity index (χ1v) is 12.1. The fourth-order valence-corrected chi connectivity index (χ4v) is 4.63. The number of aliphatic imine (C=N–C) groups is 1. The topological polar surface area (TPSA) is 87.6 Å². The largest absolute Gasteiger partial charge is 0.322 e. The summed E-state index contributed by atoms with van der Waals surface area (Å²) < 4.78 is 27.9. The molecule has 0 fully saturated rings. The molecule has 164 valence electrons. The maximum atomic E-state index is 12.6. The van der Waals surface area contributed by atoms with Gasteiger partial charge < -0.3 is 5.32 Å². The van der Waals surface area contributed by atoms with Crippen molar-refractivity contribution in [2.45, 2.75) is 30.6 Å². The van der Waals surface area contributed by atoms with Crippen LogP contribution >= 0.6 is 0 Å². The van der Waals surface area contributed by atoms with Gasteiger partial charge in [0.25, 0.3) is 15.9 Å². The highest BCUT2D eigenvalue weighted by Gasteiger charge is 2.17. The Morgan fingerprint density at radius 1 is 0.781 bits per heavy atom. The first kappa shape index (κ1) is 21.8. The number of hydrogen-bond donors (Lipinski definition) is 2. The molecule has 3 aromatic carbocycles. The molecule has 7 heteroatoms. The summed E-state index contributed by atoms with van der Waals surface area (Å²) in [4.78, 5) is 17.0. The molecule has 0 spiro atoms. The maximum absolute atomic E-state index is 12.6. The number of nitrogens with zero attached hydrogens (tertiary/aromatic N) is 1. The normalized spacial score (nSPS) is 14.2. The van der Waals surface area contributed by atoms with Gasteiger partial charge in [-0.25, -0.2) is 8.42 Å². The van der Waals surface area contributed by atoms with E-state index in [0.29, 0.717) is 30.1 Å². The molecule has 2 N–H and O–H groups in total. The Morgan fingerprint density at radius 2 is 1.47 bits per heavy atom. The fourth-order valence-electron chi connectivity index (χ4n) is 3.54. The van der Waals surface area contributed by atoms with E-state index in [0.717, 1.165) is 30.4 Å². The van der Waals surface area contributed by atoms with Crippen molar-refractivity contribution >= 4 is 27.5 Å². The second-order valence-electron chi connectivity index (χ2n) is 7.67. The van der Waals surface area contributed by atoms with Crippen LogP contribution in [-0.2, 0) is 10.0 Å². The van der Waals surface area contributed by atoms with Crippen LogP contribution in [0.25, 0.3) is 11.1 Å². The molecule has 0 saturated carbocycles. The SMILES string of the molecule is O=C(Nc1ccc(S(=O)(=O)NC2=NCCCCC2)cc1)c1ccc(-c2ccccc2)cc1. The Balaban J connectivity index is 1.41. The Labute approximate surface area is 188 Å². The summed E-state index contributed by atoms with van der Waals surface area (Å²) in [6.45, 7) is 0.648. The van der Waals surface area contributed by atoms with Crippen molar-refractivity contribution in [3.63, 3.8) is 0 Å². The molecule has 0 unspecified atom stereocenters. The van der Waals surface area contributed by atoms with E-state index in [4.69, 9.17) is 0 Å². The van der Waals surface area contributed by atoms with E-state index in [9.17, 15) is 13.2 Å². The van der Waals surface area contributed by atoms with Crippen LogP contribution in [0, 0.1) is 0 Å². The molecule has 0 aliphatic carbocycles. The summed E-state index contributed by atoms with van der Waals surface area (Å²) in [5.74, 6) is 0.255. The van der Waals surface area contributed by atoms with Gasteiger partial charge in [-0.15, -0.1) is 0 Å². The quantitative estimate of drug-likeness (QED) is 0.586. The van der Waals surface area contributed by atoms with Gasteiger partial charge in [-0.3, -0.25) is 14.5 Å². The number of carbonyl (C=O) groups excluding carboxylic acids is 1. The number of nitrogens with one attached hydrogen (secondary N) is 2. The van der Waals surface area contributed by atoms with E-state index in [2.05, 4.69) is 15.0 Å². The van der Waals surface area contributed by atoms with E-state index in [1.54, 1.807) is 24.3 Å². The molecule has 6 nitrogen and oxygen atoms in total. The lowest BCUT2D eigenvalue weighted by atomic mass is 10.0. The summed E-state index contributed by atoms with van der Waals surface area (Å²) >= 11 is 0. The first-order chi connectivity index (χ1) is 15.5. The fraction of sp³-hybridized carbons (Fsp3) is 0.200. The molecular weight excluding hydrogens is 422 g/mol. The summed E-state index contributed by atoms with van der Waals surface area (Å²) in [6, 6.07) is 23.4. The third kappa shape index (κ3) is 5.42. The monoisotopic (exact) mass is 447 g/mol. The Bertz CT molecular complexity index is 1200. The van der Waals surface area contributed by atoms with Crippen LogP contribution in [0.3, 0.4) is 0 Å². The molecule has 1 aliphatic heterocycles. The van der Waals surface area contributed by atoms with Gasteiger partial charge in [0, 0.05) is 24.2 Å². The lowest BCUT2D eigenvalue weighted by molar-refractivity contribution is 0.102. The van der Waals surface area contributed by atoms with Crippen LogP contribution in [0.4, 0.5) is 5.69 Å². The maximum Gasteiger partial charge on any atom is 0.262 e. The van der Waals surface area contributed by atoms with E-state index in [1.165, 1.54) is 12.1 Å². The molecule has 0 radical (unpaired) electrons. The summed E-state index contributed by atoms with van der Waals surface area (Å²) in [5, 5.41) is 2.81. The van der Waals surface area contributed by atoms with Gasteiger partial charge in [-0.05, 0) is 60.4 Å². The minimum atomic E-state index is -3.70. The van der Waals surface area contributed by atoms with E-state index in [-0.39, 0.29) is 10.8 Å². The number of rotatable bonds is 5. The van der Waals surface area contributed by atoms with E-state index >= 15 is 0 Å². The lowest BCUT2D eigenvalue weighted by Gasteiger charge is -2.11. The van der Waals surface area contributed by atoms with Crippen LogP contribution in [0.2, 0.25) is 0 Å². The standard InChI is InChI=1S/C25H25N3O3S/c29-25(21-12-10-20(11-13-21)19-7-3-1-4-8-19)27-22-14-16-23(17-15-22)32(30,31)28-24-9-5-2-6-18-26-24/h1,3-4,7-8,10-17H,2,5-6,9,18H2,(H,26,28)(H,27,29). The van der Waals surface area contributed by atoms with Gasteiger partial charge in [-0.2, -0.15) is 0 Å². The molecule has 0 bridgehead atoms. The van der Waals surface area contributed by atoms with Crippen molar-refractivity contribution in [3.8, 4) is 11.1 Å². The van der Waals surface area contributed by atoms with Crippen molar-refractivity contribution in [3.05, 3.63) is 84.4 Å². The predicted octanol–water partition coefficient (Wildman–Crippen LogP) is 4.86. The number of anilines is 1. The molecule has 32 heavy (non-hydrogen) atoms. The number of benzene rings is 3. The first-order valence-electron chi connectivity index (χ1n) is 10.6. The molecule has 1 amide bonds. The summed E-state index contributed by atoms with van der Waals surface area (Å²) in [5.41, 5.74) is 3.16. The highest BCUT2D eigenvalue weighted by molar-refractivity contribution is 7.90. The van der Waals surface area contributed by atoms with Gasteiger partial charge in [0.1, 0.15) is 5.84 Å². The molecule has 0 atom stereocenters. The number of sulfonamides is 1. The molecule has 4 rings (SSSR count). The van der Waals surface area contributed by atoms with Crippen LogP contribution in [-0.4, -0.2) is 26.7 Å². The van der Waals surface area contributed by atoms with Crippen LogP contribution in [0.5, 0.6) is 0 Å². The van der Waals surface area contributed by atoms with Crippen LogP contribution < -0.4 is 10.0 Å². The zero-order chi connectivity index (χ0) is 22.4. The Hall–Kier alpha value is -3.45. The molecule has 3 aromatic rings. The number of carbonyl (C=O) groups is 1. The van der Waals surface area contributed by atoms with Gasteiger partial charge in [0.15, 0.2) is 0 Å². The van der Waals surface area contributed by atoms with Crippen molar-refractivity contribution in [1.82, 2.24) is 4.72 Å². The Morgan fingerprint density at radius 3 is 2.19 bits per heavy atom. The second-order valence-corrected chi connectivity index (χ2v) is 9.35. The van der Waals surface area contributed by atoms with Gasteiger partial charge in [0.2, 0.25) is 0 Å². The lowest BCUT2D eigenvalue weighted by Crippen LogP contribution is -2.30. The zero-order valence-electron chi connectivity index (χ0n) is 17.6. The average molecular weight is 448 g/mol. The smallest absolute Gasteiger partial charge is 0.262 e. The van der Waals surface area contributed by atoms with Crippen LogP contribution in [0.1, 0.15) is 36.0 Å².